The molecule has 7 heteroatoms. The Morgan fingerprint density at radius 3 is 2.74 bits per heavy atom. The van der Waals surface area contributed by atoms with Gasteiger partial charge < -0.3 is 15.2 Å². The Balaban J connectivity index is 1.22. The van der Waals surface area contributed by atoms with Crippen molar-refractivity contribution in [2.75, 3.05) is 18.5 Å². The summed E-state index contributed by atoms with van der Waals surface area (Å²) in [7, 11) is 0. The van der Waals surface area contributed by atoms with Gasteiger partial charge in [-0.1, -0.05) is 55.3 Å². The monoisotopic (exact) mass is 601 g/mol. The second-order valence-electron chi connectivity index (χ2n) is 13.4. The molecule has 2 heterocycles. The van der Waals surface area contributed by atoms with Crippen LogP contribution < -0.4 is 10.1 Å². The van der Waals surface area contributed by atoms with Gasteiger partial charge in [-0.25, -0.2) is 4.79 Å². The Morgan fingerprint density at radius 1 is 1.19 bits per heavy atom. The van der Waals surface area contributed by atoms with E-state index in [4.69, 9.17) is 16.3 Å². The molecule has 6 rings (SSSR count). The molecule has 0 bridgehead atoms. The zero-order chi connectivity index (χ0) is 30.4. The molecule has 3 aromatic rings. The van der Waals surface area contributed by atoms with Crippen LogP contribution in [0.15, 0.2) is 48.7 Å². The highest BCUT2D eigenvalue weighted by Gasteiger charge is 2.53. The number of fused-ring (bicyclic) bond motifs is 3. The first kappa shape index (κ1) is 30.0. The van der Waals surface area contributed by atoms with E-state index >= 15 is 0 Å². The molecule has 2 aliphatic carbocycles. The van der Waals surface area contributed by atoms with Crippen molar-refractivity contribution in [2.45, 2.75) is 96.2 Å². The minimum Gasteiger partial charge on any atom is -0.493 e. The van der Waals surface area contributed by atoms with E-state index in [-0.39, 0.29) is 5.54 Å². The highest BCUT2D eigenvalue weighted by atomic mass is 35.5. The van der Waals surface area contributed by atoms with Gasteiger partial charge in [-0.15, -0.1) is 0 Å². The molecule has 0 unspecified atom stereocenters. The number of nitrogens with zero attached hydrogens (tertiary/aromatic N) is 2. The van der Waals surface area contributed by atoms with Crippen molar-refractivity contribution in [1.29, 1.82) is 0 Å². The fraction of sp³-hybridized carbons (Fsp3) is 0.500. The van der Waals surface area contributed by atoms with E-state index in [1.54, 1.807) is 0 Å². The number of aromatic nitrogens is 1. The average molecular weight is 602 g/mol. The normalized spacial score (nSPS) is 25.7. The van der Waals surface area contributed by atoms with Crippen molar-refractivity contribution in [3.8, 4) is 5.75 Å². The van der Waals surface area contributed by atoms with Gasteiger partial charge in [-0.2, -0.15) is 0 Å². The van der Waals surface area contributed by atoms with Gasteiger partial charge in [0, 0.05) is 52.7 Å². The van der Waals surface area contributed by atoms with Crippen LogP contribution in [0.25, 0.3) is 0 Å². The van der Waals surface area contributed by atoms with E-state index in [0.717, 1.165) is 49.4 Å². The van der Waals surface area contributed by atoms with Crippen LogP contribution in [0.1, 0.15) is 91.8 Å². The molecule has 6 nitrogen and oxygen atoms in total. The van der Waals surface area contributed by atoms with E-state index in [1.807, 2.05) is 37.4 Å². The van der Waals surface area contributed by atoms with Crippen molar-refractivity contribution in [3.63, 3.8) is 0 Å². The van der Waals surface area contributed by atoms with E-state index < -0.39 is 11.5 Å². The summed E-state index contributed by atoms with van der Waals surface area (Å²) in [4.78, 5) is 20.1. The number of carboxylic acids is 1. The number of aliphatic carboxylic acids is 1. The van der Waals surface area contributed by atoms with Gasteiger partial charge in [0.2, 0.25) is 0 Å². The number of carbonyl (C=O) groups is 1. The number of anilines is 1. The van der Waals surface area contributed by atoms with Crippen molar-refractivity contribution in [2.24, 2.45) is 5.92 Å². The maximum Gasteiger partial charge on any atom is 0.329 e. The summed E-state index contributed by atoms with van der Waals surface area (Å²) in [5.74, 6) is 0.967. The number of nitrogens with one attached hydrogen (secondary N) is 1. The second kappa shape index (κ2) is 11.8. The molecule has 0 amide bonds. The van der Waals surface area contributed by atoms with Crippen molar-refractivity contribution >= 4 is 23.3 Å². The number of hydrogen-bond acceptors (Lipinski definition) is 5. The summed E-state index contributed by atoms with van der Waals surface area (Å²) in [5, 5.41) is 14.6. The lowest BCUT2D eigenvalue weighted by Crippen LogP contribution is -2.55. The molecule has 2 aromatic carbocycles. The van der Waals surface area contributed by atoms with Gasteiger partial charge in [0.15, 0.2) is 0 Å². The third-order valence-corrected chi connectivity index (χ3v) is 10.8. The molecule has 2 N–H and O–H groups in total. The third kappa shape index (κ3) is 5.53. The van der Waals surface area contributed by atoms with Crippen LogP contribution in [0.4, 0.5) is 5.69 Å². The van der Waals surface area contributed by atoms with Gasteiger partial charge in [-0.05, 0) is 99.6 Å². The summed E-state index contributed by atoms with van der Waals surface area (Å²) in [6, 6.07) is 14.5. The van der Waals surface area contributed by atoms with Crippen LogP contribution in [0.5, 0.6) is 5.75 Å². The quantitative estimate of drug-likeness (QED) is 0.272. The van der Waals surface area contributed by atoms with Crippen LogP contribution in [0, 0.1) is 19.8 Å². The molecular formula is C36H44ClN3O3. The first-order chi connectivity index (χ1) is 20.6. The molecule has 1 saturated carbocycles. The standard InChI is InChI=1S/C36H44ClN3O3/c1-23-11-12-28-27(19-23)21-40(20-24(2)22-43-32-13-18-38-31-10-5-7-25(3)33(31)32)36(28)16-14-35(15-17-36,34(41)42)39-30-9-6-8-29(37)26(30)4/h6,8-9,11-13,18-19,24-25,39H,5,7,10,14-17,20-22H2,1-4H3,(H,41,42)/t24-,25-,35?,36?/m1/s1. The lowest BCUT2D eigenvalue weighted by atomic mass is 9.68. The SMILES string of the molecule is Cc1ccc2c(c1)CN(C[C@@H](C)COc1ccnc3c1[C@H](C)CCC3)C21CCC(Nc2cccc(Cl)c2C)(C(=O)O)CC1. The summed E-state index contributed by atoms with van der Waals surface area (Å²) in [6.45, 7) is 11.0. The summed E-state index contributed by atoms with van der Waals surface area (Å²) < 4.78 is 6.51. The lowest BCUT2D eigenvalue weighted by Gasteiger charge is -2.48. The first-order valence-electron chi connectivity index (χ1n) is 15.8. The summed E-state index contributed by atoms with van der Waals surface area (Å²) in [5.41, 5.74) is 6.93. The van der Waals surface area contributed by atoms with E-state index in [1.165, 1.54) is 40.8 Å². The largest absolute Gasteiger partial charge is 0.493 e. The molecule has 0 radical (unpaired) electrons. The number of halogens is 1. The highest BCUT2D eigenvalue weighted by molar-refractivity contribution is 6.31. The highest BCUT2D eigenvalue weighted by Crippen LogP contribution is 2.52. The number of benzene rings is 2. The molecule has 0 saturated heterocycles. The minimum absolute atomic E-state index is 0.189. The molecule has 1 fully saturated rings. The number of aryl methyl sites for hydroxylation is 2. The molecule has 1 spiro atoms. The van der Waals surface area contributed by atoms with Gasteiger partial charge in [-0.3, -0.25) is 9.88 Å². The lowest BCUT2D eigenvalue weighted by molar-refractivity contribution is -0.145. The summed E-state index contributed by atoms with van der Waals surface area (Å²) >= 11 is 6.39. The van der Waals surface area contributed by atoms with Crippen molar-refractivity contribution in [3.05, 3.63) is 87.2 Å². The van der Waals surface area contributed by atoms with Crippen LogP contribution in [0.2, 0.25) is 5.02 Å². The Bertz CT molecular complexity index is 1510. The third-order valence-electron chi connectivity index (χ3n) is 10.3. The average Bonchev–Trinajstić information content (AvgIpc) is 3.26. The smallest absolute Gasteiger partial charge is 0.329 e. The Morgan fingerprint density at radius 2 is 1.98 bits per heavy atom. The molecule has 43 heavy (non-hydrogen) atoms. The molecular weight excluding hydrogens is 558 g/mol. The van der Waals surface area contributed by atoms with Gasteiger partial charge in [0.05, 0.1) is 6.61 Å². The minimum atomic E-state index is -1.04. The first-order valence-corrected chi connectivity index (χ1v) is 16.2. The Hall–Kier alpha value is -3.09. The fourth-order valence-corrected chi connectivity index (χ4v) is 8.05. The van der Waals surface area contributed by atoms with Gasteiger partial charge in [0.25, 0.3) is 0 Å². The number of rotatable bonds is 8. The number of hydrogen-bond donors (Lipinski definition) is 2. The van der Waals surface area contributed by atoms with E-state index in [0.29, 0.717) is 36.3 Å². The Labute approximate surface area is 260 Å². The van der Waals surface area contributed by atoms with E-state index in [2.05, 4.69) is 54.2 Å². The molecule has 228 valence electrons. The predicted molar refractivity (Wildman–Crippen MR) is 172 cm³/mol. The van der Waals surface area contributed by atoms with Gasteiger partial charge in [0.1, 0.15) is 11.3 Å². The Kier molecular flexibility index (Phi) is 8.20. The maximum absolute atomic E-state index is 12.8. The van der Waals surface area contributed by atoms with Crippen LogP contribution in [-0.4, -0.2) is 39.7 Å². The zero-order valence-corrected chi connectivity index (χ0v) is 26.6. The molecule has 1 aliphatic heterocycles. The number of carboxylic acid groups (broad SMARTS) is 1. The van der Waals surface area contributed by atoms with Gasteiger partial charge >= 0.3 is 5.97 Å². The number of ether oxygens (including phenoxy) is 1. The number of pyridine rings is 1. The topological polar surface area (TPSA) is 74.7 Å². The van der Waals surface area contributed by atoms with E-state index in [9.17, 15) is 9.90 Å². The molecule has 2 atom stereocenters. The maximum atomic E-state index is 12.8. The van der Waals surface area contributed by atoms with Crippen LogP contribution >= 0.6 is 11.6 Å². The summed E-state index contributed by atoms with van der Waals surface area (Å²) in [6.07, 6.45) is 7.90. The molecule has 3 aliphatic rings. The molecule has 1 aromatic heterocycles. The fourth-order valence-electron chi connectivity index (χ4n) is 7.87. The van der Waals surface area contributed by atoms with Crippen LogP contribution in [0.3, 0.4) is 0 Å². The van der Waals surface area contributed by atoms with Crippen molar-refractivity contribution < 1.29 is 14.6 Å². The second-order valence-corrected chi connectivity index (χ2v) is 13.8. The van der Waals surface area contributed by atoms with Crippen molar-refractivity contribution in [1.82, 2.24) is 9.88 Å². The van der Waals surface area contributed by atoms with Crippen LogP contribution in [-0.2, 0) is 23.3 Å². The predicted octanol–water partition coefficient (Wildman–Crippen LogP) is 8.03. The zero-order valence-electron chi connectivity index (χ0n) is 25.9.